The van der Waals surface area contributed by atoms with Gasteiger partial charge in [0.2, 0.25) is 11.4 Å². The number of thioether (sulfide) groups is 1. The first kappa shape index (κ1) is 30.1. The van der Waals surface area contributed by atoms with Crippen LogP contribution in [0.1, 0.15) is 86.9 Å². The zero-order valence-electron chi connectivity index (χ0n) is 23.7. The Balaban J connectivity index is 0.00000200. The Bertz CT molecular complexity index is 1070. The second-order valence-electron chi connectivity index (χ2n) is 12.3. The molecule has 1 aliphatic heterocycles. The molecule has 5 aliphatic rings. The number of hydrogen-bond acceptors (Lipinski definition) is 8. The van der Waals surface area contributed by atoms with E-state index < -0.39 is 34.5 Å². The molecule has 200 valence electrons. The maximum Gasteiger partial charge on any atom is 1.00 e. The van der Waals surface area contributed by atoms with Crippen LogP contribution >= 0.6 is 11.8 Å². The average Bonchev–Trinajstić information content (AvgIpc) is 3.09. The number of ketones is 2. The second-order valence-corrected chi connectivity index (χ2v) is 13.7. The van der Waals surface area contributed by atoms with Gasteiger partial charge in [-0.25, -0.2) is 0 Å². The monoisotopic (exact) mass is 558 g/mol. The van der Waals surface area contributed by atoms with Crippen molar-refractivity contribution in [1.82, 2.24) is 0 Å². The summed E-state index contributed by atoms with van der Waals surface area (Å²) in [5, 5.41) is 22.9. The number of allylic oxidation sites excluding steroid dienone is 1. The molecule has 4 aliphatic carbocycles. The van der Waals surface area contributed by atoms with Crippen LogP contribution in [0.5, 0.6) is 0 Å². The van der Waals surface area contributed by atoms with Crippen LogP contribution in [0.25, 0.3) is 0 Å². The van der Waals surface area contributed by atoms with E-state index in [1.807, 2.05) is 13.0 Å². The number of aliphatic hydroxyl groups excluding tert-OH is 1. The van der Waals surface area contributed by atoms with Crippen molar-refractivity contribution >= 4 is 34.4 Å². The smallest absolute Gasteiger partial charge is 1.00 e. The molecule has 3 saturated carbocycles. The Kier molecular flexibility index (Phi) is 8.29. The molecule has 4 fully saturated rings. The Morgan fingerprint density at radius 3 is 2.46 bits per heavy atom. The summed E-state index contributed by atoms with van der Waals surface area (Å²) >= 11 is 1.34. The molecule has 9 atom stereocenters. The molecule has 0 aromatic carbocycles. The van der Waals surface area contributed by atoms with Crippen molar-refractivity contribution in [3.63, 3.8) is 0 Å². The van der Waals surface area contributed by atoms with Gasteiger partial charge in [0.1, 0.15) is 11.7 Å². The van der Waals surface area contributed by atoms with E-state index in [1.54, 1.807) is 13.8 Å². The molecule has 1 saturated heterocycles. The second kappa shape index (κ2) is 10.2. The van der Waals surface area contributed by atoms with E-state index in [0.717, 1.165) is 18.4 Å². The Labute approximate surface area is 267 Å². The van der Waals surface area contributed by atoms with E-state index in [-0.39, 0.29) is 105 Å². The van der Waals surface area contributed by atoms with E-state index in [1.165, 1.54) is 11.8 Å². The summed E-state index contributed by atoms with van der Waals surface area (Å²) in [5.74, 6) is -0.703. The van der Waals surface area contributed by atoms with Gasteiger partial charge in [-0.3, -0.25) is 19.2 Å². The predicted octanol–water partition coefficient (Wildman–Crippen LogP) is 0.650. The van der Waals surface area contributed by atoms with Crippen LogP contribution in [-0.2, 0) is 23.9 Å². The minimum Gasteiger partial charge on any atom is -1.00 e. The summed E-state index contributed by atoms with van der Waals surface area (Å²) < 4.78 is 5.75. The minimum absolute atomic E-state index is 0. The number of esters is 1. The third kappa shape index (κ3) is 4.20. The number of rotatable bonds is 3. The summed E-state index contributed by atoms with van der Waals surface area (Å²) in [4.78, 5) is 50.5. The molecule has 0 aromatic heterocycles. The Morgan fingerprint density at radius 2 is 1.81 bits per heavy atom. The van der Waals surface area contributed by atoms with Crippen molar-refractivity contribution in [2.24, 2.45) is 28.6 Å². The van der Waals surface area contributed by atoms with Crippen LogP contribution in [0.4, 0.5) is 0 Å². The van der Waals surface area contributed by atoms with Gasteiger partial charge < -0.3 is 16.4 Å². The van der Waals surface area contributed by atoms with Gasteiger partial charge in [0.25, 0.3) is 0 Å². The molecular formula is C28H39KO7S. The SMILES string of the molecule is CC[C@]1([C@]2(O)CCC3[C@@H]4[C@@H](CC[C@@]32C)[C@@]2(C)CCC(=O)C=C2C[C@H]4SC(C)=O)OC(=O)CC(O)C1=O.[H-].[K+]. The van der Waals surface area contributed by atoms with Crippen LogP contribution in [-0.4, -0.2) is 55.4 Å². The van der Waals surface area contributed by atoms with E-state index in [0.29, 0.717) is 32.1 Å². The first-order valence-corrected chi connectivity index (χ1v) is 14.3. The topological polar surface area (TPSA) is 118 Å². The molecule has 1 heterocycles. The van der Waals surface area contributed by atoms with Crippen molar-refractivity contribution in [3.8, 4) is 0 Å². The largest absolute Gasteiger partial charge is 1.00 e. The molecule has 0 bridgehead atoms. The molecule has 2 unspecified atom stereocenters. The van der Waals surface area contributed by atoms with Gasteiger partial charge in [-0.05, 0) is 74.2 Å². The fourth-order valence-corrected chi connectivity index (χ4v) is 10.4. The third-order valence-corrected chi connectivity index (χ3v) is 12.1. The van der Waals surface area contributed by atoms with Crippen molar-refractivity contribution in [3.05, 3.63) is 11.6 Å². The van der Waals surface area contributed by atoms with E-state index in [2.05, 4.69) is 6.92 Å². The molecule has 0 radical (unpaired) electrons. The van der Waals surface area contributed by atoms with Gasteiger partial charge in [0, 0.05) is 24.0 Å². The minimum atomic E-state index is -1.78. The van der Waals surface area contributed by atoms with Crippen molar-refractivity contribution < 1.29 is 86.9 Å². The third-order valence-electron chi connectivity index (χ3n) is 10.9. The molecule has 2 N–H and O–H groups in total. The number of cyclic esters (lactones) is 1. The molecule has 0 aromatic rings. The first-order valence-electron chi connectivity index (χ1n) is 13.4. The molecular weight excluding hydrogens is 519 g/mol. The van der Waals surface area contributed by atoms with E-state index in [4.69, 9.17) is 4.74 Å². The summed E-state index contributed by atoms with van der Waals surface area (Å²) in [6.45, 7) is 7.59. The van der Waals surface area contributed by atoms with Gasteiger partial charge in [-0.15, -0.1) is 0 Å². The molecule has 5 rings (SSSR count). The van der Waals surface area contributed by atoms with Crippen LogP contribution in [0.2, 0.25) is 0 Å². The number of hydrogen-bond donors (Lipinski definition) is 2. The van der Waals surface area contributed by atoms with Gasteiger partial charge in [0.15, 0.2) is 10.9 Å². The van der Waals surface area contributed by atoms with Gasteiger partial charge in [0.05, 0.1) is 6.42 Å². The van der Waals surface area contributed by atoms with Crippen LogP contribution in [0, 0.1) is 28.6 Å². The summed E-state index contributed by atoms with van der Waals surface area (Å²) in [7, 11) is 0. The fourth-order valence-electron chi connectivity index (χ4n) is 9.15. The van der Waals surface area contributed by atoms with Crippen molar-refractivity contribution in [1.29, 1.82) is 0 Å². The number of fused-ring (bicyclic) bond motifs is 5. The van der Waals surface area contributed by atoms with E-state index >= 15 is 0 Å². The molecule has 7 nitrogen and oxygen atoms in total. The zero-order chi connectivity index (χ0) is 26.3. The molecule has 0 spiro atoms. The fraction of sp³-hybridized carbons (Fsp3) is 0.786. The molecule has 0 amide bonds. The maximum absolute atomic E-state index is 13.4. The Morgan fingerprint density at radius 1 is 1.14 bits per heavy atom. The summed E-state index contributed by atoms with van der Waals surface area (Å²) in [6, 6.07) is 0. The van der Waals surface area contributed by atoms with Crippen molar-refractivity contribution in [2.75, 3.05) is 0 Å². The average molecular weight is 559 g/mol. The normalized spacial score (nSPS) is 47.1. The van der Waals surface area contributed by atoms with Crippen molar-refractivity contribution in [2.45, 2.75) is 108 Å². The molecule has 37 heavy (non-hydrogen) atoms. The van der Waals surface area contributed by atoms with Crippen LogP contribution in [0.15, 0.2) is 11.6 Å². The number of carbonyl (C=O) groups is 4. The van der Waals surface area contributed by atoms with Crippen LogP contribution < -0.4 is 51.4 Å². The van der Waals surface area contributed by atoms with Gasteiger partial charge in [-0.2, -0.15) is 0 Å². The standard InChI is InChI=1S/C28H38O7S.K.H/c1-5-27(24(33)20(31)14-22(32)35-27)28(34)11-8-19-23-18(7-10-26(19,28)4)25(3)9-6-17(30)12-16(25)13-21(23)36-15(2)29;;/h12,18-21,23,31,34H,5-11,13-14H2,1-4H3;;/q;+1;-1/t18-,19?,20?,21-,23+,25+,26+,27+,28+;;/m1../s1. The van der Waals surface area contributed by atoms with Crippen LogP contribution in [0.3, 0.4) is 0 Å². The van der Waals surface area contributed by atoms with Gasteiger partial charge >= 0.3 is 57.4 Å². The number of Topliss-reactive ketones (excluding diaryl/α,β-unsaturated/α-hetero) is 1. The Hall–Kier alpha value is 0.126. The number of carbonyl (C=O) groups excluding carboxylic acids is 4. The van der Waals surface area contributed by atoms with E-state index in [9.17, 15) is 29.4 Å². The molecule has 9 heteroatoms. The number of ether oxygens (including phenoxy) is 1. The van der Waals surface area contributed by atoms with Gasteiger partial charge in [-0.1, -0.05) is 38.1 Å². The summed E-state index contributed by atoms with van der Waals surface area (Å²) in [5.41, 5.74) is -3.08. The summed E-state index contributed by atoms with van der Waals surface area (Å²) in [6.07, 6.45) is 4.44. The quantitative estimate of drug-likeness (QED) is 0.383. The zero-order valence-corrected chi connectivity index (χ0v) is 26.6. The number of aliphatic hydroxyl groups is 2. The predicted molar refractivity (Wildman–Crippen MR) is 135 cm³/mol. The maximum atomic E-state index is 13.4. The first-order chi connectivity index (χ1) is 16.8.